The van der Waals surface area contributed by atoms with Gasteiger partial charge in [0.05, 0.1) is 23.0 Å². The van der Waals surface area contributed by atoms with Gasteiger partial charge in [-0.2, -0.15) is 5.10 Å². The number of nitrogens with zero attached hydrogens (tertiary/aromatic N) is 3. The van der Waals surface area contributed by atoms with Crippen LogP contribution in [0.4, 0.5) is 0 Å². The van der Waals surface area contributed by atoms with Crippen LogP contribution in [-0.2, 0) is 0 Å². The fraction of sp³-hybridized carbons (Fsp3) is 0.120. The van der Waals surface area contributed by atoms with Crippen molar-refractivity contribution in [1.29, 1.82) is 0 Å². The Morgan fingerprint density at radius 2 is 1.77 bits per heavy atom. The molecule has 2 aromatic heterocycles. The van der Waals surface area contributed by atoms with Crippen LogP contribution >= 0.6 is 0 Å². The molecule has 0 saturated heterocycles. The third kappa shape index (κ3) is 3.70. The number of hydrogen-bond donors (Lipinski definition) is 1. The van der Waals surface area contributed by atoms with Crippen molar-refractivity contribution in [2.24, 2.45) is 5.10 Å². The van der Waals surface area contributed by atoms with Gasteiger partial charge in [0.2, 0.25) is 0 Å². The minimum atomic E-state index is -0.260. The van der Waals surface area contributed by atoms with Gasteiger partial charge in [-0.1, -0.05) is 42.5 Å². The highest BCUT2D eigenvalue weighted by molar-refractivity contribution is 6.07. The summed E-state index contributed by atoms with van der Waals surface area (Å²) in [5.41, 5.74) is 7.99. The van der Waals surface area contributed by atoms with Gasteiger partial charge in [0.15, 0.2) is 0 Å². The van der Waals surface area contributed by atoms with Crippen molar-refractivity contribution in [3.8, 4) is 11.3 Å². The number of aromatic nitrogens is 2. The van der Waals surface area contributed by atoms with E-state index in [1.807, 2.05) is 54.6 Å². The maximum absolute atomic E-state index is 13.0. The van der Waals surface area contributed by atoms with E-state index >= 15 is 0 Å². The predicted molar refractivity (Wildman–Crippen MR) is 118 cm³/mol. The van der Waals surface area contributed by atoms with E-state index in [1.165, 1.54) is 18.4 Å². The average molecular weight is 392 g/mol. The van der Waals surface area contributed by atoms with Gasteiger partial charge in [-0.3, -0.25) is 9.78 Å². The first kappa shape index (κ1) is 18.2. The Balaban J connectivity index is 1.46. The Morgan fingerprint density at radius 1 is 1.00 bits per heavy atom. The zero-order valence-corrected chi connectivity index (χ0v) is 16.3. The number of hydrogen-bond acceptors (Lipinski definition) is 4. The van der Waals surface area contributed by atoms with Crippen LogP contribution in [0.3, 0.4) is 0 Å². The van der Waals surface area contributed by atoms with Gasteiger partial charge in [0.25, 0.3) is 5.91 Å². The van der Waals surface area contributed by atoms with Crippen molar-refractivity contribution in [3.63, 3.8) is 0 Å². The SMILES string of the molecule is O=C(N/N=C/c1ccccc1C1CC1)c1cc(-c2ccncc2)nc2ccccc12. The summed E-state index contributed by atoms with van der Waals surface area (Å²) in [7, 11) is 0. The quantitative estimate of drug-likeness (QED) is 0.386. The molecule has 30 heavy (non-hydrogen) atoms. The topological polar surface area (TPSA) is 67.2 Å². The lowest BCUT2D eigenvalue weighted by molar-refractivity contribution is 0.0956. The second-order valence-electron chi connectivity index (χ2n) is 7.41. The van der Waals surface area contributed by atoms with Crippen molar-refractivity contribution < 1.29 is 4.79 Å². The highest BCUT2D eigenvalue weighted by Gasteiger charge is 2.25. The minimum absolute atomic E-state index is 0.260. The summed E-state index contributed by atoms with van der Waals surface area (Å²) in [5, 5.41) is 5.04. The lowest BCUT2D eigenvalue weighted by Crippen LogP contribution is -2.18. The molecule has 0 radical (unpaired) electrons. The van der Waals surface area contributed by atoms with E-state index in [0.29, 0.717) is 11.5 Å². The smallest absolute Gasteiger partial charge is 0.267 e. The fourth-order valence-corrected chi connectivity index (χ4v) is 3.65. The van der Waals surface area contributed by atoms with E-state index in [-0.39, 0.29) is 5.91 Å². The molecule has 5 rings (SSSR count). The Bertz CT molecular complexity index is 1250. The van der Waals surface area contributed by atoms with Gasteiger partial charge >= 0.3 is 0 Å². The molecule has 1 amide bonds. The molecule has 1 fully saturated rings. The lowest BCUT2D eigenvalue weighted by atomic mass is 10.0. The zero-order chi connectivity index (χ0) is 20.3. The van der Waals surface area contributed by atoms with Crippen LogP contribution in [0.1, 0.15) is 40.2 Å². The highest BCUT2D eigenvalue weighted by atomic mass is 16.2. The molecule has 146 valence electrons. The van der Waals surface area contributed by atoms with Crippen LogP contribution in [0, 0.1) is 0 Å². The number of rotatable bonds is 5. The summed E-state index contributed by atoms with van der Waals surface area (Å²) < 4.78 is 0. The predicted octanol–water partition coefficient (Wildman–Crippen LogP) is 4.94. The van der Waals surface area contributed by atoms with Crippen molar-refractivity contribution in [1.82, 2.24) is 15.4 Å². The Morgan fingerprint density at radius 3 is 2.60 bits per heavy atom. The molecule has 0 unspecified atom stereocenters. The molecule has 0 bridgehead atoms. The molecule has 2 aromatic carbocycles. The zero-order valence-electron chi connectivity index (χ0n) is 16.3. The monoisotopic (exact) mass is 392 g/mol. The van der Waals surface area contributed by atoms with E-state index in [2.05, 4.69) is 21.6 Å². The summed E-state index contributed by atoms with van der Waals surface area (Å²) >= 11 is 0. The maximum atomic E-state index is 13.0. The van der Waals surface area contributed by atoms with Crippen LogP contribution < -0.4 is 5.43 Å². The second-order valence-corrected chi connectivity index (χ2v) is 7.41. The molecular weight excluding hydrogens is 372 g/mol. The molecule has 0 aliphatic heterocycles. The van der Waals surface area contributed by atoms with Gasteiger partial charge in [-0.25, -0.2) is 10.4 Å². The summed E-state index contributed by atoms with van der Waals surface area (Å²) in [6.45, 7) is 0. The number of para-hydroxylation sites is 1. The van der Waals surface area contributed by atoms with Crippen LogP contribution in [0.5, 0.6) is 0 Å². The van der Waals surface area contributed by atoms with Gasteiger partial charge in [0, 0.05) is 23.3 Å². The molecular formula is C25H20N4O. The number of fused-ring (bicyclic) bond motifs is 1. The van der Waals surface area contributed by atoms with Crippen molar-refractivity contribution in [2.45, 2.75) is 18.8 Å². The first-order valence-electron chi connectivity index (χ1n) is 10.0. The molecule has 5 heteroatoms. The summed E-state index contributed by atoms with van der Waals surface area (Å²) in [6.07, 6.45) is 7.61. The van der Waals surface area contributed by atoms with Gasteiger partial charge in [-0.05, 0) is 54.2 Å². The molecule has 0 spiro atoms. The average Bonchev–Trinajstić information content (AvgIpc) is 3.64. The third-order valence-corrected chi connectivity index (χ3v) is 5.32. The summed E-state index contributed by atoms with van der Waals surface area (Å²) in [6, 6.07) is 21.4. The van der Waals surface area contributed by atoms with Gasteiger partial charge in [-0.15, -0.1) is 0 Å². The number of hydrazone groups is 1. The second kappa shape index (κ2) is 7.87. The number of nitrogens with one attached hydrogen (secondary N) is 1. The summed E-state index contributed by atoms with van der Waals surface area (Å²) in [5.74, 6) is 0.361. The van der Waals surface area contributed by atoms with Gasteiger partial charge in [0.1, 0.15) is 0 Å². The van der Waals surface area contributed by atoms with E-state index in [1.54, 1.807) is 24.7 Å². The molecule has 4 aromatic rings. The van der Waals surface area contributed by atoms with Gasteiger partial charge < -0.3 is 0 Å². The van der Waals surface area contributed by atoms with E-state index in [4.69, 9.17) is 4.98 Å². The number of benzene rings is 2. The Hall–Kier alpha value is -3.86. The molecule has 1 aliphatic carbocycles. The number of carbonyl (C=O) groups excluding carboxylic acids is 1. The molecule has 2 heterocycles. The van der Waals surface area contributed by atoms with Crippen molar-refractivity contribution >= 4 is 23.0 Å². The van der Waals surface area contributed by atoms with Crippen LogP contribution in [0.15, 0.2) is 84.2 Å². The normalized spacial score (nSPS) is 13.6. The minimum Gasteiger partial charge on any atom is -0.267 e. The first-order chi connectivity index (χ1) is 14.8. The van der Waals surface area contributed by atoms with Crippen molar-refractivity contribution in [3.05, 3.63) is 95.8 Å². The number of carbonyl (C=O) groups is 1. The highest BCUT2D eigenvalue weighted by Crippen LogP contribution is 2.41. The number of pyridine rings is 2. The Kier molecular flexibility index (Phi) is 4.77. The lowest BCUT2D eigenvalue weighted by Gasteiger charge is -2.09. The molecule has 1 N–H and O–H groups in total. The third-order valence-electron chi connectivity index (χ3n) is 5.32. The Labute approximate surface area is 174 Å². The molecule has 1 aliphatic rings. The van der Waals surface area contributed by atoms with Crippen LogP contribution in [0.25, 0.3) is 22.2 Å². The van der Waals surface area contributed by atoms with E-state index in [0.717, 1.165) is 27.7 Å². The summed E-state index contributed by atoms with van der Waals surface area (Å²) in [4.78, 5) is 21.8. The maximum Gasteiger partial charge on any atom is 0.272 e. The first-order valence-corrected chi connectivity index (χ1v) is 10.0. The largest absolute Gasteiger partial charge is 0.272 e. The van der Waals surface area contributed by atoms with Crippen LogP contribution in [-0.4, -0.2) is 22.1 Å². The standard InChI is InChI=1S/C25H20N4O/c30-25(29-27-16-19-5-1-2-6-20(19)17-9-10-17)22-15-24(18-11-13-26-14-12-18)28-23-8-4-3-7-21(22)23/h1-8,11-17H,9-10H2,(H,29,30)/b27-16+. The van der Waals surface area contributed by atoms with E-state index < -0.39 is 0 Å². The van der Waals surface area contributed by atoms with E-state index in [9.17, 15) is 4.79 Å². The molecule has 5 nitrogen and oxygen atoms in total. The van der Waals surface area contributed by atoms with Crippen LogP contribution in [0.2, 0.25) is 0 Å². The van der Waals surface area contributed by atoms with Crippen molar-refractivity contribution in [2.75, 3.05) is 0 Å². The molecule has 0 atom stereocenters. The fourth-order valence-electron chi connectivity index (χ4n) is 3.65. The molecule has 1 saturated carbocycles. The number of amides is 1.